The average Bonchev–Trinajstić information content (AvgIpc) is 3.78. The molecule has 5 N–H and O–H groups in total. The maximum atomic E-state index is 14.3. The van der Waals surface area contributed by atoms with Gasteiger partial charge in [-0.2, -0.15) is 0 Å². The number of carbonyl (C=O) groups excluding carboxylic acids is 4. The maximum Gasteiger partial charge on any atom is 0.410 e. The Morgan fingerprint density at radius 1 is 0.931 bits per heavy atom. The second-order valence-corrected chi connectivity index (χ2v) is 15.4. The second kappa shape index (κ2) is 22.8. The third-order valence-electron chi connectivity index (χ3n) is 11.0. The first-order chi connectivity index (χ1) is 28.1. The van der Waals surface area contributed by atoms with Crippen LogP contribution in [0.1, 0.15) is 61.9 Å². The van der Waals surface area contributed by atoms with Crippen molar-refractivity contribution in [2.24, 2.45) is 5.92 Å². The number of hydrogen-bond donors (Lipinski definition) is 5. The van der Waals surface area contributed by atoms with Crippen LogP contribution in [0, 0.1) is 5.92 Å². The number of amides is 5. The minimum Gasteiger partial charge on any atom is -0.436 e. The highest BCUT2D eigenvalue weighted by Crippen LogP contribution is 2.29. The van der Waals surface area contributed by atoms with E-state index in [2.05, 4.69) is 25.6 Å². The third-order valence-corrected chi connectivity index (χ3v) is 11.0. The van der Waals surface area contributed by atoms with Crippen molar-refractivity contribution in [1.29, 1.82) is 0 Å². The van der Waals surface area contributed by atoms with Crippen LogP contribution in [0.3, 0.4) is 0 Å². The van der Waals surface area contributed by atoms with Crippen molar-refractivity contribution in [2.45, 2.75) is 94.6 Å². The molecule has 0 spiro atoms. The van der Waals surface area contributed by atoms with E-state index in [1.54, 1.807) is 24.3 Å². The lowest BCUT2D eigenvalue weighted by molar-refractivity contribution is -0.135. The fourth-order valence-electron chi connectivity index (χ4n) is 7.43. The van der Waals surface area contributed by atoms with Gasteiger partial charge in [0.1, 0.15) is 12.1 Å². The van der Waals surface area contributed by atoms with Crippen LogP contribution >= 0.6 is 0 Å². The molecule has 1 saturated heterocycles. The molecule has 5 amide bonds. The Bertz CT molecular complexity index is 1690. The number of morpholine rings is 1. The van der Waals surface area contributed by atoms with E-state index in [0.717, 1.165) is 43.4 Å². The van der Waals surface area contributed by atoms with Crippen LogP contribution in [0.4, 0.5) is 9.59 Å². The van der Waals surface area contributed by atoms with Gasteiger partial charge in [0.15, 0.2) is 6.10 Å². The van der Waals surface area contributed by atoms with Gasteiger partial charge >= 0.3 is 12.1 Å². The summed E-state index contributed by atoms with van der Waals surface area (Å²) in [6.07, 6.45) is 6.58. The summed E-state index contributed by atoms with van der Waals surface area (Å²) < 4.78 is 11.2. The van der Waals surface area contributed by atoms with E-state index in [4.69, 9.17) is 9.47 Å². The highest BCUT2D eigenvalue weighted by Gasteiger charge is 2.35. The molecule has 5 atom stereocenters. The molecule has 2 aliphatic rings. The minimum absolute atomic E-state index is 0.0292. The number of H-pyrrole nitrogens is 1. The zero-order valence-electron chi connectivity index (χ0n) is 33.7. The summed E-state index contributed by atoms with van der Waals surface area (Å²) in [6.45, 7) is 2.31. The predicted octanol–water partition coefficient (Wildman–Crippen LogP) is 2.71. The molecule has 16 heteroatoms. The summed E-state index contributed by atoms with van der Waals surface area (Å²) >= 11 is 0. The number of imidazole rings is 1. The number of nitrogens with zero attached hydrogens (tertiary/aromatic N) is 5. The number of nitrogens with one attached hydrogen (secondary N) is 3. The standard InChI is InChI=1S/C42H60N8O8/c1-48(41(55)50-21-23-57-24-22-50)19-20-49(2)42(56)58-37(26-31-13-7-4-8-14-31)40(54)47-35(27-33-28-43-29-45-33)39(53)46-34(25-30-11-5-3-6-12-30)38(52)36(51)17-16-32-15-9-10-18-44-32/h4,7-10,13-15,18,28-30,34-38,51-52H,3,5-6,11-12,16-17,19-27H2,1-2H3,(H,43,45)(H,46,53)(H,47,54)/t34-,35-,36-,37-,38+/m0/s1. The molecule has 0 bridgehead atoms. The van der Waals surface area contributed by atoms with E-state index in [0.29, 0.717) is 44.8 Å². The first-order valence-corrected chi connectivity index (χ1v) is 20.4. The van der Waals surface area contributed by atoms with Crippen LogP contribution in [0.5, 0.6) is 0 Å². The zero-order valence-corrected chi connectivity index (χ0v) is 33.7. The molecule has 2 fully saturated rings. The number of urea groups is 1. The Morgan fingerprint density at radius 3 is 2.34 bits per heavy atom. The van der Waals surface area contributed by atoms with Crippen LogP contribution in [0.15, 0.2) is 67.3 Å². The molecule has 0 radical (unpaired) electrons. The highest BCUT2D eigenvalue weighted by molar-refractivity contribution is 5.90. The fraction of sp³-hybridized carbons (Fsp3) is 0.571. The smallest absolute Gasteiger partial charge is 0.410 e. The number of carbonyl (C=O) groups is 4. The third kappa shape index (κ3) is 13.8. The van der Waals surface area contributed by atoms with Gasteiger partial charge in [-0.25, -0.2) is 14.6 Å². The van der Waals surface area contributed by atoms with Crippen LogP contribution in [0.2, 0.25) is 0 Å². The molecule has 58 heavy (non-hydrogen) atoms. The molecule has 3 heterocycles. The van der Waals surface area contributed by atoms with Gasteiger partial charge in [-0.1, -0.05) is 68.5 Å². The Morgan fingerprint density at radius 2 is 1.66 bits per heavy atom. The zero-order chi connectivity index (χ0) is 41.3. The number of aryl methyl sites for hydroxylation is 1. The summed E-state index contributed by atoms with van der Waals surface area (Å²) in [4.78, 5) is 70.7. The number of benzene rings is 1. The predicted molar refractivity (Wildman–Crippen MR) is 215 cm³/mol. The number of ether oxygens (including phenoxy) is 2. The quantitative estimate of drug-likeness (QED) is 0.120. The van der Waals surface area contributed by atoms with Crippen molar-refractivity contribution in [3.8, 4) is 0 Å². The Kier molecular flexibility index (Phi) is 17.3. The molecular formula is C42H60N8O8. The number of aliphatic hydroxyl groups excluding tert-OH is 2. The first-order valence-electron chi connectivity index (χ1n) is 20.4. The van der Waals surface area contributed by atoms with Gasteiger partial charge in [0.05, 0.1) is 31.7 Å². The lowest BCUT2D eigenvalue weighted by atomic mass is 9.82. The van der Waals surface area contributed by atoms with Gasteiger partial charge in [0.2, 0.25) is 5.91 Å². The number of aromatic nitrogens is 3. The topological polar surface area (TPSA) is 203 Å². The Balaban J connectivity index is 1.28. The first kappa shape index (κ1) is 44.1. The fourth-order valence-corrected chi connectivity index (χ4v) is 7.43. The summed E-state index contributed by atoms with van der Waals surface area (Å²) in [6, 6.07) is 12.5. The molecule has 3 aromatic rings. The van der Waals surface area contributed by atoms with Gasteiger partial charge < -0.3 is 50.0 Å². The number of pyridine rings is 1. The minimum atomic E-state index is -1.32. The molecule has 0 unspecified atom stereocenters. The Hall–Kier alpha value is -5.06. The Labute approximate surface area is 340 Å². The van der Waals surface area contributed by atoms with Gasteiger partial charge in [0.25, 0.3) is 5.91 Å². The molecule has 1 aromatic carbocycles. The van der Waals surface area contributed by atoms with E-state index >= 15 is 0 Å². The van der Waals surface area contributed by atoms with Crippen molar-refractivity contribution in [1.82, 2.24) is 40.3 Å². The van der Waals surface area contributed by atoms with Crippen LogP contribution in [-0.4, -0.2) is 148 Å². The highest BCUT2D eigenvalue weighted by atomic mass is 16.6. The van der Waals surface area contributed by atoms with Crippen molar-refractivity contribution >= 4 is 23.9 Å². The van der Waals surface area contributed by atoms with Gasteiger partial charge in [-0.3, -0.25) is 14.6 Å². The average molecular weight is 805 g/mol. The lowest BCUT2D eigenvalue weighted by Crippen LogP contribution is -2.57. The molecule has 16 nitrogen and oxygen atoms in total. The lowest BCUT2D eigenvalue weighted by Gasteiger charge is -2.33. The maximum absolute atomic E-state index is 14.3. The SMILES string of the molecule is CN(CCN(C)C(=O)N1CCOCC1)C(=O)O[C@@H](Cc1ccccc1)C(=O)N[C@@H](Cc1cnc[nH]1)C(=O)N[C@@H](CC1CCCCC1)[C@@H](O)[C@@H](O)CCc1ccccn1. The van der Waals surface area contributed by atoms with Crippen molar-refractivity contribution in [3.05, 3.63) is 84.2 Å². The number of aliphatic hydroxyl groups is 2. The second-order valence-electron chi connectivity index (χ2n) is 15.4. The van der Waals surface area contributed by atoms with Crippen molar-refractivity contribution < 1.29 is 38.9 Å². The molecule has 1 aliphatic carbocycles. The summed E-state index contributed by atoms with van der Waals surface area (Å²) in [5, 5.41) is 28.6. The number of hydrogen-bond acceptors (Lipinski definition) is 10. The normalized spacial score (nSPS) is 17.3. The van der Waals surface area contributed by atoms with E-state index in [9.17, 15) is 29.4 Å². The van der Waals surface area contributed by atoms with Gasteiger partial charge in [-0.05, 0) is 42.9 Å². The summed E-state index contributed by atoms with van der Waals surface area (Å²) in [5.74, 6) is -1.000. The summed E-state index contributed by atoms with van der Waals surface area (Å²) in [5.41, 5.74) is 2.10. The van der Waals surface area contributed by atoms with Crippen LogP contribution in [-0.2, 0) is 38.3 Å². The monoisotopic (exact) mass is 804 g/mol. The number of rotatable bonds is 19. The largest absolute Gasteiger partial charge is 0.436 e. The molecule has 2 aromatic heterocycles. The molecule has 316 valence electrons. The molecule has 5 rings (SSSR count). The van der Waals surface area contributed by atoms with E-state index < -0.39 is 48.3 Å². The molecule has 1 saturated carbocycles. The number of aromatic amines is 1. The van der Waals surface area contributed by atoms with Crippen LogP contribution in [0.25, 0.3) is 0 Å². The van der Waals surface area contributed by atoms with Crippen molar-refractivity contribution in [3.63, 3.8) is 0 Å². The molecular weight excluding hydrogens is 745 g/mol. The molecule has 1 aliphatic heterocycles. The van der Waals surface area contributed by atoms with E-state index in [1.165, 1.54) is 23.2 Å². The van der Waals surface area contributed by atoms with Gasteiger partial charge in [0, 0.05) is 76.9 Å². The summed E-state index contributed by atoms with van der Waals surface area (Å²) in [7, 11) is 3.19. The number of likely N-dealkylation sites (N-methyl/N-ethyl adjacent to an activating group) is 2. The van der Waals surface area contributed by atoms with Gasteiger partial charge in [-0.15, -0.1) is 0 Å². The van der Waals surface area contributed by atoms with Crippen LogP contribution < -0.4 is 10.6 Å². The van der Waals surface area contributed by atoms with Crippen molar-refractivity contribution in [2.75, 3.05) is 53.5 Å². The van der Waals surface area contributed by atoms with E-state index in [1.807, 2.05) is 48.5 Å². The van der Waals surface area contributed by atoms with E-state index in [-0.39, 0.29) is 44.3 Å².